The van der Waals surface area contributed by atoms with Crippen LogP contribution in [0.25, 0.3) is 0 Å². The van der Waals surface area contributed by atoms with E-state index in [1.807, 2.05) is 0 Å². The van der Waals surface area contributed by atoms with Gasteiger partial charge in [0, 0.05) is 19.3 Å². The molecule has 0 saturated heterocycles. The molecule has 0 radical (unpaired) electrons. The number of sulfonamides is 1. The largest absolute Gasteiger partial charge is 0.372 e. The summed E-state index contributed by atoms with van der Waals surface area (Å²) in [6, 6.07) is 4.40. The van der Waals surface area contributed by atoms with Crippen LogP contribution in [0.4, 0.5) is 11.6 Å². The van der Waals surface area contributed by atoms with Gasteiger partial charge in [-0.05, 0) is 12.1 Å². The minimum absolute atomic E-state index is 0.0468. The summed E-state index contributed by atoms with van der Waals surface area (Å²) in [7, 11) is -2.13. The van der Waals surface area contributed by atoms with Crippen LogP contribution in [0, 0.1) is 0 Å². The van der Waals surface area contributed by atoms with Gasteiger partial charge in [0.25, 0.3) is 10.0 Å². The second-order valence-corrected chi connectivity index (χ2v) is 4.74. The molecule has 2 heterocycles. The molecule has 2 aromatic heterocycles. The van der Waals surface area contributed by atoms with Gasteiger partial charge in [-0.2, -0.15) is 0 Å². The SMILES string of the molecule is CNc1ncccc1S(=O)(=O)Nc1ccon1. The van der Waals surface area contributed by atoms with E-state index in [1.54, 1.807) is 7.05 Å². The maximum absolute atomic E-state index is 12.0. The monoisotopic (exact) mass is 254 g/mol. The molecule has 8 heteroatoms. The molecule has 0 aromatic carbocycles. The summed E-state index contributed by atoms with van der Waals surface area (Å²) in [5.74, 6) is 0.388. The Morgan fingerprint density at radius 3 is 2.82 bits per heavy atom. The molecule has 2 aromatic rings. The molecule has 0 spiro atoms. The molecule has 90 valence electrons. The molecule has 0 atom stereocenters. The van der Waals surface area contributed by atoms with Gasteiger partial charge in [-0.15, -0.1) is 0 Å². The normalized spacial score (nSPS) is 11.1. The van der Waals surface area contributed by atoms with Gasteiger partial charge >= 0.3 is 0 Å². The minimum atomic E-state index is -3.72. The summed E-state index contributed by atoms with van der Waals surface area (Å²) in [5.41, 5.74) is 0. The Bertz CT molecular complexity index is 594. The minimum Gasteiger partial charge on any atom is -0.372 e. The smallest absolute Gasteiger partial charge is 0.266 e. The van der Waals surface area contributed by atoms with Gasteiger partial charge in [0.15, 0.2) is 5.82 Å². The molecule has 0 aliphatic rings. The van der Waals surface area contributed by atoms with Gasteiger partial charge < -0.3 is 9.84 Å². The van der Waals surface area contributed by atoms with Crippen molar-refractivity contribution in [2.24, 2.45) is 0 Å². The molecule has 0 aliphatic heterocycles. The van der Waals surface area contributed by atoms with Crippen molar-refractivity contribution in [2.45, 2.75) is 4.90 Å². The van der Waals surface area contributed by atoms with Crippen molar-refractivity contribution in [1.82, 2.24) is 10.1 Å². The summed E-state index contributed by atoms with van der Waals surface area (Å²) in [4.78, 5) is 3.97. The molecule has 7 nitrogen and oxygen atoms in total. The topological polar surface area (TPSA) is 97.1 Å². The number of hydrogen-bond acceptors (Lipinski definition) is 6. The van der Waals surface area contributed by atoms with Gasteiger partial charge in [0.05, 0.1) is 0 Å². The molecular formula is C9H10N4O3S. The lowest BCUT2D eigenvalue weighted by Gasteiger charge is -2.08. The standard InChI is InChI=1S/C9H10N4O3S/c1-10-9-7(3-2-5-11-9)17(14,15)13-8-4-6-16-12-8/h2-6H,1H3,(H,10,11)(H,12,13). The van der Waals surface area contributed by atoms with E-state index in [4.69, 9.17) is 0 Å². The maximum Gasteiger partial charge on any atom is 0.266 e. The van der Waals surface area contributed by atoms with Gasteiger partial charge in [0.1, 0.15) is 17.0 Å². The van der Waals surface area contributed by atoms with E-state index in [2.05, 4.69) is 24.7 Å². The fraction of sp³-hybridized carbons (Fsp3) is 0.111. The van der Waals surface area contributed by atoms with E-state index in [1.165, 1.54) is 30.7 Å². The van der Waals surface area contributed by atoms with Crippen LogP contribution in [0.2, 0.25) is 0 Å². The highest BCUT2D eigenvalue weighted by Crippen LogP contribution is 2.20. The molecule has 0 fully saturated rings. The third-order valence-corrected chi connectivity index (χ3v) is 3.36. The van der Waals surface area contributed by atoms with E-state index in [9.17, 15) is 8.42 Å². The van der Waals surface area contributed by atoms with Crippen LogP contribution in [0.5, 0.6) is 0 Å². The zero-order valence-corrected chi connectivity index (χ0v) is 9.73. The Morgan fingerprint density at radius 1 is 1.35 bits per heavy atom. The average molecular weight is 254 g/mol. The molecule has 0 bridgehead atoms. The van der Waals surface area contributed by atoms with Crippen LogP contribution in [0.3, 0.4) is 0 Å². The predicted octanol–water partition coefficient (Wildman–Crippen LogP) is 0.912. The first-order valence-corrected chi connectivity index (χ1v) is 6.18. The number of nitrogens with one attached hydrogen (secondary N) is 2. The van der Waals surface area contributed by atoms with Crippen molar-refractivity contribution in [3.63, 3.8) is 0 Å². The van der Waals surface area contributed by atoms with Crippen molar-refractivity contribution >= 4 is 21.7 Å². The van der Waals surface area contributed by atoms with Crippen molar-refractivity contribution in [2.75, 3.05) is 17.1 Å². The van der Waals surface area contributed by atoms with Crippen molar-refractivity contribution in [3.05, 3.63) is 30.7 Å². The van der Waals surface area contributed by atoms with Gasteiger partial charge in [-0.1, -0.05) is 5.16 Å². The molecular weight excluding hydrogens is 244 g/mol. The number of pyridine rings is 1. The van der Waals surface area contributed by atoms with E-state index >= 15 is 0 Å². The zero-order valence-electron chi connectivity index (χ0n) is 8.91. The molecule has 0 saturated carbocycles. The lowest BCUT2D eigenvalue weighted by molar-refractivity contribution is 0.423. The van der Waals surface area contributed by atoms with E-state index in [-0.39, 0.29) is 16.5 Å². The summed E-state index contributed by atoms with van der Waals surface area (Å²) < 4.78 is 30.8. The first kappa shape index (κ1) is 11.4. The maximum atomic E-state index is 12.0. The Morgan fingerprint density at radius 2 is 2.18 bits per heavy atom. The van der Waals surface area contributed by atoms with E-state index in [0.717, 1.165) is 0 Å². The highest BCUT2D eigenvalue weighted by Gasteiger charge is 2.19. The van der Waals surface area contributed by atoms with E-state index < -0.39 is 10.0 Å². The summed E-state index contributed by atoms with van der Waals surface area (Å²) in [6.07, 6.45) is 2.78. The van der Waals surface area contributed by atoms with Crippen LogP contribution >= 0.6 is 0 Å². The molecule has 2 N–H and O–H groups in total. The number of aromatic nitrogens is 2. The van der Waals surface area contributed by atoms with Crippen LogP contribution in [0.1, 0.15) is 0 Å². The van der Waals surface area contributed by atoms with Crippen LogP contribution in [0.15, 0.2) is 40.1 Å². The van der Waals surface area contributed by atoms with Gasteiger partial charge in [0.2, 0.25) is 0 Å². The summed E-state index contributed by atoms with van der Waals surface area (Å²) in [5, 5.41) is 6.18. The Labute approximate surface area is 97.9 Å². The fourth-order valence-corrected chi connectivity index (χ4v) is 2.41. The predicted molar refractivity (Wildman–Crippen MR) is 61.1 cm³/mol. The quantitative estimate of drug-likeness (QED) is 0.841. The molecule has 17 heavy (non-hydrogen) atoms. The first-order valence-electron chi connectivity index (χ1n) is 4.69. The van der Waals surface area contributed by atoms with E-state index in [0.29, 0.717) is 0 Å². The van der Waals surface area contributed by atoms with Crippen molar-refractivity contribution in [1.29, 1.82) is 0 Å². The fourth-order valence-electron chi connectivity index (χ4n) is 1.25. The third kappa shape index (κ3) is 2.36. The first-order chi connectivity index (χ1) is 8.13. The van der Waals surface area contributed by atoms with Crippen LogP contribution < -0.4 is 10.0 Å². The molecule has 2 rings (SSSR count). The molecule has 0 amide bonds. The highest BCUT2D eigenvalue weighted by atomic mass is 32.2. The Hall–Kier alpha value is -2.09. The van der Waals surface area contributed by atoms with Crippen molar-refractivity contribution < 1.29 is 12.9 Å². The number of hydrogen-bond donors (Lipinski definition) is 2. The van der Waals surface area contributed by atoms with Crippen molar-refractivity contribution in [3.8, 4) is 0 Å². The van der Waals surface area contributed by atoms with Gasteiger partial charge in [-0.25, -0.2) is 13.4 Å². The average Bonchev–Trinajstić information content (AvgIpc) is 2.81. The van der Waals surface area contributed by atoms with Crippen LogP contribution in [-0.2, 0) is 10.0 Å². The lowest BCUT2D eigenvalue weighted by Crippen LogP contribution is -2.15. The lowest BCUT2D eigenvalue weighted by atomic mass is 10.5. The zero-order chi connectivity index (χ0) is 12.3. The second kappa shape index (κ2) is 4.42. The van der Waals surface area contributed by atoms with Gasteiger partial charge in [-0.3, -0.25) is 4.72 Å². The molecule has 0 aliphatic carbocycles. The number of nitrogens with zero attached hydrogens (tertiary/aromatic N) is 2. The van der Waals surface area contributed by atoms with Crippen LogP contribution in [-0.4, -0.2) is 25.6 Å². The summed E-state index contributed by atoms with van der Waals surface area (Å²) in [6.45, 7) is 0. The highest BCUT2D eigenvalue weighted by molar-refractivity contribution is 7.92. The third-order valence-electron chi connectivity index (χ3n) is 1.97. The second-order valence-electron chi connectivity index (χ2n) is 3.09. The number of anilines is 2. The summed E-state index contributed by atoms with van der Waals surface area (Å²) >= 11 is 0. The molecule has 0 unspecified atom stereocenters. The number of rotatable bonds is 4. The Balaban J connectivity index is 2.38. The Kier molecular flexibility index (Phi) is 2.96.